The molecule has 0 aliphatic carbocycles. The van der Waals surface area contributed by atoms with Gasteiger partial charge in [0.2, 0.25) is 0 Å². The molecule has 0 aliphatic rings. The molecular formula is C11H10O2. The van der Waals surface area contributed by atoms with Crippen LogP contribution in [-0.2, 0) is 6.61 Å². The predicted molar refractivity (Wildman–Crippen MR) is 50.1 cm³/mol. The van der Waals surface area contributed by atoms with Crippen molar-refractivity contribution in [2.24, 2.45) is 0 Å². The van der Waals surface area contributed by atoms with Gasteiger partial charge in [0, 0.05) is 5.56 Å². The number of hydrogen-bond acceptors (Lipinski definition) is 2. The summed E-state index contributed by atoms with van der Waals surface area (Å²) in [5, 5.41) is 8.97. The normalized spacial score (nSPS) is 10.2. The summed E-state index contributed by atoms with van der Waals surface area (Å²) in [6.07, 6.45) is 1.59. The third-order valence-corrected chi connectivity index (χ3v) is 1.97. The topological polar surface area (TPSA) is 33.4 Å². The SMILES string of the molecule is OCc1occc1-c1ccccc1. The van der Waals surface area contributed by atoms with Gasteiger partial charge in [0.25, 0.3) is 0 Å². The quantitative estimate of drug-likeness (QED) is 0.758. The van der Waals surface area contributed by atoms with E-state index in [-0.39, 0.29) is 6.61 Å². The molecule has 2 heteroatoms. The number of benzene rings is 1. The smallest absolute Gasteiger partial charge is 0.136 e. The van der Waals surface area contributed by atoms with E-state index in [0.29, 0.717) is 5.76 Å². The Balaban J connectivity index is 2.47. The third-order valence-electron chi connectivity index (χ3n) is 1.97. The average molecular weight is 174 g/mol. The largest absolute Gasteiger partial charge is 0.466 e. The highest BCUT2D eigenvalue weighted by atomic mass is 16.4. The molecule has 1 aromatic heterocycles. The Kier molecular flexibility index (Phi) is 2.15. The lowest BCUT2D eigenvalue weighted by atomic mass is 10.1. The summed E-state index contributed by atoms with van der Waals surface area (Å²) in [5.41, 5.74) is 2.03. The monoisotopic (exact) mass is 174 g/mol. The van der Waals surface area contributed by atoms with Gasteiger partial charge >= 0.3 is 0 Å². The average Bonchev–Trinajstić information content (AvgIpc) is 2.67. The van der Waals surface area contributed by atoms with E-state index in [1.54, 1.807) is 6.26 Å². The van der Waals surface area contributed by atoms with E-state index in [1.807, 2.05) is 36.4 Å². The van der Waals surface area contributed by atoms with Crippen LogP contribution in [0.4, 0.5) is 0 Å². The second-order valence-electron chi connectivity index (χ2n) is 2.78. The summed E-state index contributed by atoms with van der Waals surface area (Å²) < 4.78 is 5.12. The number of rotatable bonds is 2. The van der Waals surface area contributed by atoms with Crippen LogP contribution in [0.25, 0.3) is 11.1 Å². The lowest BCUT2D eigenvalue weighted by Gasteiger charge is -1.98. The number of furan rings is 1. The van der Waals surface area contributed by atoms with Crippen molar-refractivity contribution in [1.82, 2.24) is 0 Å². The first-order valence-electron chi connectivity index (χ1n) is 4.14. The number of hydrogen-bond donors (Lipinski definition) is 1. The van der Waals surface area contributed by atoms with Gasteiger partial charge in [-0.25, -0.2) is 0 Å². The fourth-order valence-corrected chi connectivity index (χ4v) is 1.34. The molecule has 2 nitrogen and oxygen atoms in total. The van der Waals surface area contributed by atoms with Crippen LogP contribution in [0.15, 0.2) is 47.1 Å². The summed E-state index contributed by atoms with van der Waals surface area (Å²) in [6, 6.07) is 11.7. The molecule has 0 bridgehead atoms. The minimum absolute atomic E-state index is 0.0583. The zero-order valence-electron chi connectivity index (χ0n) is 7.10. The van der Waals surface area contributed by atoms with Gasteiger partial charge in [-0.3, -0.25) is 0 Å². The van der Waals surface area contributed by atoms with Gasteiger partial charge in [0.05, 0.1) is 6.26 Å². The van der Waals surface area contributed by atoms with E-state index in [9.17, 15) is 0 Å². The maximum atomic E-state index is 8.97. The van der Waals surface area contributed by atoms with Crippen molar-refractivity contribution >= 4 is 0 Å². The highest BCUT2D eigenvalue weighted by Gasteiger charge is 2.05. The van der Waals surface area contributed by atoms with Crippen LogP contribution in [0, 0.1) is 0 Å². The van der Waals surface area contributed by atoms with Crippen molar-refractivity contribution in [3.05, 3.63) is 48.4 Å². The van der Waals surface area contributed by atoms with Crippen molar-refractivity contribution in [3.8, 4) is 11.1 Å². The van der Waals surface area contributed by atoms with E-state index in [1.165, 1.54) is 0 Å². The lowest BCUT2D eigenvalue weighted by Crippen LogP contribution is -1.82. The molecule has 1 heterocycles. The summed E-state index contributed by atoms with van der Waals surface area (Å²) in [7, 11) is 0. The van der Waals surface area contributed by atoms with Gasteiger partial charge in [-0.15, -0.1) is 0 Å². The minimum atomic E-state index is -0.0583. The Morgan fingerprint density at radius 1 is 1.08 bits per heavy atom. The second kappa shape index (κ2) is 3.46. The van der Waals surface area contributed by atoms with Gasteiger partial charge < -0.3 is 9.52 Å². The van der Waals surface area contributed by atoms with Gasteiger partial charge in [-0.05, 0) is 11.6 Å². The van der Waals surface area contributed by atoms with Crippen LogP contribution in [0.2, 0.25) is 0 Å². The van der Waals surface area contributed by atoms with Crippen LogP contribution in [0.3, 0.4) is 0 Å². The third kappa shape index (κ3) is 1.48. The Morgan fingerprint density at radius 3 is 2.54 bits per heavy atom. The van der Waals surface area contributed by atoms with Crippen LogP contribution in [-0.4, -0.2) is 5.11 Å². The molecule has 0 aliphatic heterocycles. The summed E-state index contributed by atoms with van der Waals surface area (Å²) >= 11 is 0. The van der Waals surface area contributed by atoms with Crippen LogP contribution < -0.4 is 0 Å². The maximum absolute atomic E-state index is 8.97. The fraction of sp³-hybridized carbons (Fsp3) is 0.0909. The van der Waals surface area contributed by atoms with Crippen molar-refractivity contribution in [2.75, 3.05) is 0 Å². The van der Waals surface area contributed by atoms with Gasteiger partial charge in [-0.1, -0.05) is 30.3 Å². The van der Waals surface area contributed by atoms with Gasteiger partial charge in [0.1, 0.15) is 12.4 Å². The molecule has 0 radical (unpaired) electrons. The van der Waals surface area contributed by atoms with E-state index >= 15 is 0 Å². The first kappa shape index (κ1) is 8.08. The number of aliphatic hydroxyl groups is 1. The maximum Gasteiger partial charge on any atom is 0.136 e. The molecule has 0 fully saturated rings. The van der Waals surface area contributed by atoms with E-state index in [2.05, 4.69) is 0 Å². The molecule has 0 unspecified atom stereocenters. The molecule has 1 aromatic carbocycles. The molecular weight excluding hydrogens is 164 g/mol. The van der Waals surface area contributed by atoms with E-state index in [0.717, 1.165) is 11.1 Å². The standard InChI is InChI=1S/C11H10O2/c12-8-11-10(6-7-13-11)9-4-2-1-3-5-9/h1-7,12H,8H2. The molecule has 0 saturated heterocycles. The zero-order valence-corrected chi connectivity index (χ0v) is 7.10. The van der Waals surface area contributed by atoms with Crippen molar-refractivity contribution < 1.29 is 9.52 Å². The summed E-state index contributed by atoms with van der Waals surface area (Å²) in [5.74, 6) is 0.617. The Bertz CT molecular complexity index is 376. The molecule has 0 spiro atoms. The highest BCUT2D eigenvalue weighted by Crippen LogP contribution is 2.24. The van der Waals surface area contributed by atoms with Crippen molar-refractivity contribution in [2.45, 2.75) is 6.61 Å². The molecule has 2 rings (SSSR count). The summed E-state index contributed by atoms with van der Waals surface area (Å²) in [4.78, 5) is 0. The molecule has 2 aromatic rings. The molecule has 0 saturated carbocycles. The van der Waals surface area contributed by atoms with Crippen molar-refractivity contribution in [1.29, 1.82) is 0 Å². The molecule has 0 atom stereocenters. The fourth-order valence-electron chi connectivity index (χ4n) is 1.34. The van der Waals surface area contributed by atoms with Crippen molar-refractivity contribution in [3.63, 3.8) is 0 Å². The molecule has 0 amide bonds. The number of aliphatic hydroxyl groups excluding tert-OH is 1. The Labute approximate surface area is 76.4 Å². The van der Waals surface area contributed by atoms with Gasteiger partial charge in [-0.2, -0.15) is 0 Å². The minimum Gasteiger partial charge on any atom is -0.466 e. The zero-order chi connectivity index (χ0) is 9.10. The predicted octanol–water partition coefficient (Wildman–Crippen LogP) is 2.44. The van der Waals surface area contributed by atoms with E-state index in [4.69, 9.17) is 9.52 Å². The highest BCUT2D eigenvalue weighted by molar-refractivity contribution is 5.64. The Hall–Kier alpha value is -1.54. The Morgan fingerprint density at radius 2 is 1.85 bits per heavy atom. The molecule has 13 heavy (non-hydrogen) atoms. The van der Waals surface area contributed by atoms with Crippen LogP contribution in [0.5, 0.6) is 0 Å². The van der Waals surface area contributed by atoms with E-state index < -0.39 is 0 Å². The second-order valence-corrected chi connectivity index (χ2v) is 2.78. The van der Waals surface area contributed by atoms with Crippen LogP contribution >= 0.6 is 0 Å². The first-order valence-corrected chi connectivity index (χ1v) is 4.14. The van der Waals surface area contributed by atoms with Crippen LogP contribution in [0.1, 0.15) is 5.76 Å². The lowest BCUT2D eigenvalue weighted by molar-refractivity contribution is 0.248. The first-order chi connectivity index (χ1) is 6.42. The van der Waals surface area contributed by atoms with Gasteiger partial charge in [0.15, 0.2) is 0 Å². The molecule has 1 N–H and O–H groups in total. The summed E-state index contributed by atoms with van der Waals surface area (Å²) in [6.45, 7) is -0.0583. The molecule has 66 valence electrons.